The number of hydrogen-bond acceptors (Lipinski definition) is 2. The Hall–Kier alpha value is -2.07. The molecule has 1 aromatic carbocycles. The molecule has 0 aliphatic rings. The molecule has 0 atom stereocenters. The van der Waals surface area contributed by atoms with Gasteiger partial charge in [0, 0.05) is 35.2 Å². The first kappa shape index (κ1) is 13.9. The van der Waals surface area contributed by atoms with Crippen LogP contribution in [0.25, 0.3) is 22.2 Å². The van der Waals surface area contributed by atoms with E-state index in [9.17, 15) is 4.79 Å². The maximum atomic E-state index is 12.6. The maximum absolute atomic E-state index is 12.6. The Morgan fingerprint density at radius 2 is 1.95 bits per heavy atom. The van der Waals surface area contributed by atoms with Crippen molar-refractivity contribution in [2.75, 3.05) is 13.1 Å². The SMILES string of the molecule is CCN(CC)C(=O)c1sccc1-c1cc2ccccc2[nH]1. The van der Waals surface area contributed by atoms with Gasteiger partial charge in [-0.1, -0.05) is 18.2 Å². The van der Waals surface area contributed by atoms with Crippen molar-refractivity contribution < 1.29 is 4.79 Å². The van der Waals surface area contributed by atoms with Crippen molar-refractivity contribution in [1.29, 1.82) is 0 Å². The quantitative estimate of drug-likeness (QED) is 0.762. The van der Waals surface area contributed by atoms with Crippen LogP contribution in [0, 0.1) is 0 Å². The number of amides is 1. The smallest absolute Gasteiger partial charge is 0.264 e. The summed E-state index contributed by atoms with van der Waals surface area (Å²) in [5.41, 5.74) is 3.10. The highest BCUT2D eigenvalue weighted by atomic mass is 32.1. The number of nitrogens with zero attached hydrogens (tertiary/aromatic N) is 1. The molecule has 0 spiro atoms. The molecule has 0 saturated heterocycles. The van der Waals surface area contributed by atoms with Gasteiger partial charge >= 0.3 is 0 Å². The molecule has 108 valence electrons. The molecule has 2 heterocycles. The first-order valence-corrected chi connectivity index (χ1v) is 8.07. The standard InChI is InChI=1S/C17H18N2OS/c1-3-19(4-2)17(20)16-13(9-10-21-16)15-11-12-7-5-6-8-14(12)18-15/h5-11,18H,3-4H2,1-2H3. The lowest BCUT2D eigenvalue weighted by molar-refractivity contribution is 0.0778. The predicted molar refractivity (Wildman–Crippen MR) is 88.9 cm³/mol. The minimum atomic E-state index is 0.114. The van der Waals surface area contributed by atoms with E-state index >= 15 is 0 Å². The van der Waals surface area contributed by atoms with Gasteiger partial charge in [-0.05, 0) is 37.4 Å². The number of fused-ring (bicyclic) bond motifs is 1. The van der Waals surface area contributed by atoms with Gasteiger partial charge in [-0.3, -0.25) is 4.79 Å². The summed E-state index contributed by atoms with van der Waals surface area (Å²) in [6.45, 7) is 5.49. The van der Waals surface area contributed by atoms with Crippen LogP contribution < -0.4 is 0 Å². The molecule has 0 unspecified atom stereocenters. The first-order valence-electron chi connectivity index (χ1n) is 7.19. The van der Waals surface area contributed by atoms with Crippen LogP contribution in [0.1, 0.15) is 23.5 Å². The molecule has 4 heteroatoms. The molecule has 0 aliphatic heterocycles. The summed E-state index contributed by atoms with van der Waals surface area (Å²) < 4.78 is 0. The van der Waals surface area contributed by atoms with Crippen LogP contribution in [0.15, 0.2) is 41.8 Å². The second-order valence-corrected chi connectivity index (χ2v) is 5.83. The zero-order valence-electron chi connectivity index (χ0n) is 12.2. The second-order valence-electron chi connectivity index (χ2n) is 4.91. The van der Waals surface area contributed by atoms with E-state index in [1.165, 1.54) is 16.7 Å². The van der Waals surface area contributed by atoms with Crippen molar-refractivity contribution in [3.8, 4) is 11.3 Å². The molecule has 0 fully saturated rings. The van der Waals surface area contributed by atoms with Gasteiger partial charge in [0.25, 0.3) is 5.91 Å². The number of H-pyrrole nitrogens is 1. The fraction of sp³-hybridized carbons (Fsp3) is 0.235. The van der Waals surface area contributed by atoms with E-state index in [1.54, 1.807) is 0 Å². The number of thiophene rings is 1. The fourth-order valence-electron chi connectivity index (χ4n) is 2.56. The zero-order valence-corrected chi connectivity index (χ0v) is 13.0. The lowest BCUT2D eigenvalue weighted by Crippen LogP contribution is -2.30. The van der Waals surface area contributed by atoms with Crippen LogP contribution in [-0.4, -0.2) is 28.9 Å². The average molecular weight is 298 g/mol. The molecule has 3 rings (SSSR count). The third kappa shape index (κ3) is 2.47. The molecular formula is C17H18N2OS. The van der Waals surface area contributed by atoms with Crippen molar-refractivity contribution in [2.24, 2.45) is 0 Å². The van der Waals surface area contributed by atoms with Crippen LogP contribution in [0.5, 0.6) is 0 Å². The number of carbonyl (C=O) groups is 1. The van der Waals surface area contributed by atoms with Crippen LogP contribution in [-0.2, 0) is 0 Å². The fourth-order valence-corrected chi connectivity index (χ4v) is 3.43. The lowest BCUT2D eigenvalue weighted by Gasteiger charge is -2.18. The van der Waals surface area contributed by atoms with E-state index in [2.05, 4.69) is 23.2 Å². The third-order valence-electron chi connectivity index (χ3n) is 3.73. The number of aromatic amines is 1. The molecule has 0 bridgehead atoms. The van der Waals surface area contributed by atoms with Crippen LogP contribution >= 0.6 is 11.3 Å². The van der Waals surface area contributed by atoms with Crippen molar-refractivity contribution >= 4 is 28.1 Å². The van der Waals surface area contributed by atoms with E-state index in [1.807, 2.05) is 42.3 Å². The summed E-state index contributed by atoms with van der Waals surface area (Å²) >= 11 is 1.51. The van der Waals surface area contributed by atoms with E-state index in [4.69, 9.17) is 0 Å². The van der Waals surface area contributed by atoms with Crippen LogP contribution in [0.4, 0.5) is 0 Å². The van der Waals surface area contributed by atoms with E-state index < -0.39 is 0 Å². The average Bonchev–Trinajstić information content (AvgIpc) is 3.14. The molecular weight excluding hydrogens is 280 g/mol. The number of carbonyl (C=O) groups excluding carboxylic acids is 1. The Labute approximate surface area is 128 Å². The summed E-state index contributed by atoms with van der Waals surface area (Å²) in [5, 5.41) is 3.15. The van der Waals surface area contributed by atoms with Gasteiger partial charge in [0.2, 0.25) is 0 Å². The Morgan fingerprint density at radius 1 is 1.19 bits per heavy atom. The second kappa shape index (κ2) is 5.74. The van der Waals surface area contributed by atoms with Crippen molar-refractivity contribution in [2.45, 2.75) is 13.8 Å². The summed E-state index contributed by atoms with van der Waals surface area (Å²) in [6.07, 6.45) is 0. The van der Waals surface area contributed by atoms with Gasteiger partial charge in [-0.15, -0.1) is 11.3 Å². The van der Waals surface area contributed by atoms with Gasteiger partial charge in [0.1, 0.15) is 4.88 Å². The predicted octanol–water partition coefficient (Wildman–Crippen LogP) is 4.38. The highest BCUT2D eigenvalue weighted by Gasteiger charge is 2.19. The summed E-state index contributed by atoms with van der Waals surface area (Å²) in [4.78, 5) is 18.7. The van der Waals surface area contributed by atoms with Crippen molar-refractivity contribution in [3.05, 3.63) is 46.7 Å². The lowest BCUT2D eigenvalue weighted by atomic mass is 10.1. The van der Waals surface area contributed by atoms with Crippen LogP contribution in [0.3, 0.4) is 0 Å². The molecule has 2 aromatic heterocycles. The summed E-state index contributed by atoms with van der Waals surface area (Å²) in [6, 6.07) is 12.3. The summed E-state index contributed by atoms with van der Waals surface area (Å²) in [5.74, 6) is 0.114. The number of hydrogen-bond donors (Lipinski definition) is 1. The Morgan fingerprint density at radius 3 is 2.67 bits per heavy atom. The largest absolute Gasteiger partial charge is 0.354 e. The third-order valence-corrected chi connectivity index (χ3v) is 4.63. The minimum absolute atomic E-state index is 0.114. The molecule has 0 aliphatic carbocycles. The Bertz CT molecular complexity index is 735. The highest BCUT2D eigenvalue weighted by Crippen LogP contribution is 2.31. The minimum Gasteiger partial charge on any atom is -0.354 e. The molecule has 21 heavy (non-hydrogen) atoms. The number of benzene rings is 1. The number of para-hydroxylation sites is 1. The zero-order chi connectivity index (χ0) is 14.8. The molecule has 3 aromatic rings. The molecule has 0 radical (unpaired) electrons. The van der Waals surface area contributed by atoms with E-state index in [0.29, 0.717) is 0 Å². The molecule has 1 amide bonds. The normalized spacial score (nSPS) is 11.0. The topological polar surface area (TPSA) is 36.1 Å². The van der Waals surface area contributed by atoms with Crippen molar-refractivity contribution in [3.63, 3.8) is 0 Å². The van der Waals surface area contributed by atoms with E-state index in [-0.39, 0.29) is 5.91 Å². The maximum Gasteiger partial charge on any atom is 0.264 e. The molecule has 0 saturated carbocycles. The van der Waals surface area contributed by atoms with Gasteiger partial charge in [-0.25, -0.2) is 0 Å². The Kier molecular flexibility index (Phi) is 3.80. The van der Waals surface area contributed by atoms with Crippen molar-refractivity contribution in [1.82, 2.24) is 9.88 Å². The monoisotopic (exact) mass is 298 g/mol. The summed E-state index contributed by atoms with van der Waals surface area (Å²) in [7, 11) is 0. The van der Waals surface area contributed by atoms with Gasteiger partial charge in [0.15, 0.2) is 0 Å². The number of rotatable bonds is 4. The molecule has 3 nitrogen and oxygen atoms in total. The van der Waals surface area contributed by atoms with E-state index in [0.717, 1.165) is 34.7 Å². The highest BCUT2D eigenvalue weighted by molar-refractivity contribution is 7.12. The first-order chi connectivity index (χ1) is 10.2. The van der Waals surface area contributed by atoms with Gasteiger partial charge in [-0.2, -0.15) is 0 Å². The van der Waals surface area contributed by atoms with Gasteiger partial charge in [0.05, 0.1) is 0 Å². The number of aromatic nitrogens is 1. The number of nitrogens with one attached hydrogen (secondary N) is 1. The van der Waals surface area contributed by atoms with Gasteiger partial charge < -0.3 is 9.88 Å². The molecule has 1 N–H and O–H groups in total. The Balaban J connectivity index is 2.04. The van der Waals surface area contributed by atoms with Crippen LogP contribution in [0.2, 0.25) is 0 Å².